The van der Waals surface area contributed by atoms with Crippen molar-refractivity contribution in [2.24, 2.45) is 0 Å². The van der Waals surface area contributed by atoms with Crippen LogP contribution in [-0.4, -0.2) is 33.8 Å². The number of amides is 2. The molecule has 7 heteroatoms. The first kappa shape index (κ1) is 25.7. The van der Waals surface area contributed by atoms with Crippen LogP contribution in [0.1, 0.15) is 52.6 Å². The molecule has 0 saturated carbocycles. The smallest absolute Gasteiger partial charge is 0.326 e. The molecular weight excluding hydrogens is 492 g/mol. The lowest BCUT2D eigenvalue weighted by Gasteiger charge is -2.28. The molecule has 2 atom stereocenters. The number of ether oxygens (including phenoxy) is 1. The first-order chi connectivity index (χ1) is 18.9. The van der Waals surface area contributed by atoms with E-state index in [4.69, 9.17) is 4.74 Å². The number of anilines is 1. The number of nitrogens with one attached hydrogen (secondary N) is 1. The number of fused-ring (bicyclic) bond motifs is 1. The van der Waals surface area contributed by atoms with E-state index in [0.29, 0.717) is 29.0 Å². The Balaban J connectivity index is 1.27. The maximum absolute atomic E-state index is 13.1. The van der Waals surface area contributed by atoms with E-state index < -0.39 is 12.0 Å². The van der Waals surface area contributed by atoms with Gasteiger partial charge in [0.1, 0.15) is 17.5 Å². The van der Waals surface area contributed by atoms with Crippen molar-refractivity contribution in [3.63, 3.8) is 0 Å². The van der Waals surface area contributed by atoms with E-state index in [2.05, 4.69) is 5.32 Å². The van der Waals surface area contributed by atoms with Crippen LogP contribution in [0.2, 0.25) is 0 Å². The van der Waals surface area contributed by atoms with Crippen LogP contribution in [0.4, 0.5) is 5.69 Å². The lowest BCUT2D eigenvalue weighted by molar-refractivity contribution is -0.143. The maximum atomic E-state index is 13.1. The fourth-order valence-electron chi connectivity index (χ4n) is 4.90. The van der Waals surface area contributed by atoms with E-state index >= 15 is 0 Å². The van der Waals surface area contributed by atoms with E-state index in [1.165, 1.54) is 4.90 Å². The molecular formula is C32H28N2O5. The van der Waals surface area contributed by atoms with Gasteiger partial charge in [-0.3, -0.25) is 9.59 Å². The molecule has 7 nitrogen and oxygen atoms in total. The SMILES string of the molecule is CCC(C(=O)O)N1C(=O)c2cc(-c3ccc(NC(=O)c4ccc(Oc5ccccc5)cc4)cc3)ccc2C1C. The van der Waals surface area contributed by atoms with E-state index in [1.807, 2.05) is 79.7 Å². The van der Waals surface area contributed by atoms with Crippen LogP contribution in [0, 0.1) is 0 Å². The third-order valence-electron chi connectivity index (χ3n) is 6.96. The average molecular weight is 521 g/mol. The minimum atomic E-state index is -1.00. The van der Waals surface area contributed by atoms with E-state index in [-0.39, 0.29) is 17.9 Å². The molecule has 4 aromatic rings. The molecule has 0 fully saturated rings. The van der Waals surface area contributed by atoms with Gasteiger partial charge >= 0.3 is 5.97 Å². The van der Waals surface area contributed by atoms with Crippen LogP contribution in [0.25, 0.3) is 11.1 Å². The second-order valence-corrected chi connectivity index (χ2v) is 9.42. The number of carbonyl (C=O) groups is 3. The van der Waals surface area contributed by atoms with Gasteiger partial charge in [0.05, 0.1) is 6.04 Å². The van der Waals surface area contributed by atoms with Crippen LogP contribution in [-0.2, 0) is 4.79 Å². The minimum Gasteiger partial charge on any atom is -0.480 e. The van der Waals surface area contributed by atoms with Crippen LogP contribution in [0.3, 0.4) is 0 Å². The van der Waals surface area contributed by atoms with Gasteiger partial charge in [0.15, 0.2) is 0 Å². The summed E-state index contributed by atoms with van der Waals surface area (Å²) in [5.74, 6) is -0.145. The van der Waals surface area contributed by atoms with Gasteiger partial charge < -0.3 is 20.1 Å². The zero-order chi connectivity index (χ0) is 27.5. The normalized spacial score (nSPS) is 15.0. The molecule has 1 heterocycles. The topological polar surface area (TPSA) is 95.9 Å². The monoisotopic (exact) mass is 520 g/mol. The largest absolute Gasteiger partial charge is 0.480 e. The number of carboxylic acid groups (broad SMARTS) is 1. The zero-order valence-electron chi connectivity index (χ0n) is 21.6. The quantitative estimate of drug-likeness (QED) is 0.267. The molecule has 1 aliphatic heterocycles. The molecule has 0 bridgehead atoms. The Morgan fingerprint density at radius 1 is 0.897 bits per heavy atom. The van der Waals surface area contributed by atoms with Gasteiger partial charge in [-0.15, -0.1) is 0 Å². The van der Waals surface area contributed by atoms with E-state index in [9.17, 15) is 19.5 Å². The van der Waals surface area contributed by atoms with Crippen molar-refractivity contribution in [3.8, 4) is 22.6 Å². The second-order valence-electron chi connectivity index (χ2n) is 9.42. The van der Waals surface area contributed by atoms with Crippen molar-refractivity contribution < 1.29 is 24.2 Å². The molecule has 0 aliphatic carbocycles. The Morgan fingerprint density at radius 2 is 1.54 bits per heavy atom. The number of nitrogens with zero attached hydrogens (tertiary/aromatic N) is 1. The molecule has 0 aromatic heterocycles. The van der Waals surface area contributed by atoms with Crippen LogP contribution >= 0.6 is 0 Å². The summed E-state index contributed by atoms with van der Waals surface area (Å²) in [5.41, 5.74) is 4.21. The number of carboxylic acids is 1. The fourth-order valence-corrected chi connectivity index (χ4v) is 4.90. The van der Waals surface area contributed by atoms with Gasteiger partial charge in [-0.25, -0.2) is 4.79 Å². The standard InChI is InChI=1S/C32H28N2O5/c1-3-29(32(37)38)34-20(2)27-18-13-23(19-28(27)31(34)36)21-9-14-24(15-10-21)33-30(35)22-11-16-26(17-12-22)39-25-7-5-4-6-8-25/h4-20,29H,3H2,1-2H3,(H,33,35)(H,37,38). The maximum Gasteiger partial charge on any atom is 0.326 e. The molecule has 5 rings (SSSR count). The number of hydrogen-bond donors (Lipinski definition) is 2. The summed E-state index contributed by atoms with van der Waals surface area (Å²) in [5, 5.41) is 12.5. The van der Waals surface area contributed by atoms with Gasteiger partial charge in [0, 0.05) is 16.8 Å². The Kier molecular flexibility index (Phi) is 7.14. The van der Waals surface area contributed by atoms with Gasteiger partial charge in [0.2, 0.25) is 0 Å². The highest BCUT2D eigenvalue weighted by Gasteiger charge is 2.40. The van der Waals surface area contributed by atoms with Gasteiger partial charge in [-0.05, 0) is 84.6 Å². The zero-order valence-corrected chi connectivity index (χ0v) is 21.6. The van der Waals surface area contributed by atoms with Crippen LogP contribution < -0.4 is 10.1 Å². The van der Waals surface area contributed by atoms with E-state index in [1.54, 1.807) is 31.2 Å². The highest BCUT2D eigenvalue weighted by Crippen LogP contribution is 2.38. The third-order valence-corrected chi connectivity index (χ3v) is 6.96. The summed E-state index contributed by atoms with van der Waals surface area (Å²) >= 11 is 0. The van der Waals surface area contributed by atoms with Gasteiger partial charge in [-0.1, -0.05) is 49.4 Å². The first-order valence-corrected chi connectivity index (χ1v) is 12.8. The summed E-state index contributed by atoms with van der Waals surface area (Å²) in [6.45, 7) is 3.62. The molecule has 0 saturated heterocycles. The Hall–Kier alpha value is -4.91. The molecule has 1 aliphatic rings. The first-order valence-electron chi connectivity index (χ1n) is 12.8. The second kappa shape index (κ2) is 10.8. The number of rotatable bonds is 8. The fraction of sp³-hybridized carbons (Fsp3) is 0.156. The lowest BCUT2D eigenvalue weighted by Crippen LogP contribution is -2.42. The number of carbonyl (C=O) groups excluding carboxylic acids is 2. The highest BCUT2D eigenvalue weighted by atomic mass is 16.5. The Labute approximate surface area is 226 Å². The summed E-state index contributed by atoms with van der Waals surface area (Å²) in [6, 6.07) is 28.2. The van der Waals surface area contributed by atoms with Crippen LogP contribution in [0.15, 0.2) is 97.1 Å². The molecule has 196 valence electrons. The van der Waals surface area contributed by atoms with Crippen molar-refractivity contribution in [2.45, 2.75) is 32.4 Å². The minimum absolute atomic E-state index is 0.241. The molecule has 0 spiro atoms. The van der Waals surface area contributed by atoms with Gasteiger partial charge in [-0.2, -0.15) is 0 Å². The molecule has 39 heavy (non-hydrogen) atoms. The van der Waals surface area contributed by atoms with Crippen molar-refractivity contribution in [3.05, 3.63) is 114 Å². The summed E-state index contributed by atoms with van der Waals surface area (Å²) in [7, 11) is 0. The highest BCUT2D eigenvalue weighted by molar-refractivity contribution is 6.04. The Morgan fingerprint density at radius 3 is 2.18 bits per heavy atom. The van der Waals surface area contributed by atoms with Gasteiger partial charge in [0.25, 0.3) is 11.8 Å². The van der Waals surface area contributed by atoms with Crippen molar-refractivity contribution in [2.75, 3.05) is 5.32 Å². The van der Waals surface area contributed by atoms with Crippen LogP contribution in [0.5, 0.6) is 11.5 Å². The molecule has 2 amide bonds. The number of hydrogen-bond acceptors (Lipinski definition) is 4. The summed E-state index contributed by atoms with van der Waals surface area (Å²) < 4.78 is 5.78. The Bertz CT molecular complexity index is 1510. The van der Waals surface area contributed by atoms with Crippen molar-refractivity contribution in [1.82, 2.24) is 4.90 Å². The molecule has 2 unspecified atom stereocenters. The molecule has 4 aromatic carbocycles. The van der Waals surface area contributed by atoms with Crippen molar-refractivity contribution in [1.29, 1.82) is 0 Å². The third kappa shape index (κ3) is 5.25. The summed E-state index contributed by atoms with van der Waals surface area (Å²) in [6.07, 6.45) is 0.338. The van der Waals surface area contributed by atoms with E-state index in [0.717, 1.165) is 22.4 Å². The number of para-hydroxylation sites is 1. The average Bonchev–Trinajstić information content (AvgIpc) is 3.19. The number of benzene rings is 4. The predicted octanol–water partition coefficient (Wildman–Crippen LogP) is 6.78. The summed E-state index contributed by atoms with van der Waals surface area (Å²) in [4.78, 5) is 39.0. The number of aliphatic carboxylic acids is 1. The predicted molar refractivity (Wildman–Crippen MR) is 149 cm³/mol. The lowest BCUT2D eigenvalue weighted by atomic mass is 9.98. The molecule has 0 radical (unpaired) electrons. The van der Waals surface area contributed by atoms with Crippen molar-refractivity contribution >= 4 is 23.5 Å². The molecule has 2 N–H and O–H groups in total.